The second-order valence-electron chi connectivity index (χ2n) is 3.02. The van der Waals surface area contributed by atoms with Gasteiger partial charge in [0.2, 0.25) is 0 Å². The van der Waals surface area contributed by atoms with Crippen LogP contribution in [-0.2, 0) is 11.0 Å². The second-order valence-corrected chi connectivity index (χ2v) is 3.02. The van der Waals surface area contributed by atoms with E-state index in [1.807, 2.05) is 0 Å². The smallest absolute Gasteiger partial charge is 0.418 e. The van der Waals surface area contributed by atoms with Crippen molar-refractivity contribution in [2.75, 3.05) is 5.73 Å². The number of anilines is 1. The van der Waals surface area contributed by atoms with E-state index in [9.17, 15) is 18.0 Å². The highest BCUT2D eigenvalue weighted by molar-refractivity contribution is 5.85. The molecule has 0 heterocycles. The highest BCUT2D eigenvalue weighted by Gasteiger charge is 2.32. The van der Waals surface area contributed by atoms with Crippen molar-refractivity contribution >= 4 is 17.7 Å². The van der Waals surface area contributed by atoms with Crippen LogP contribution in [0.1, 0.15) is 11.1 Å². The van der Waals surface area contributed by atoms with E-state index in [0.717, 1.165) is 24.3 Å². The molecule has 3 nitrogen and oxygen atoms in total. The minimum atomic E-state index is -4.50. The van der Waals surface area contributed by atoms with E-state index in [2.05, 4.69) is 0 Å². The molecule has 1 aromatic carbocycles. The van der Waals surface area contributed by atoms with E-state index in [1.54, 1.807) is 0 Å². The molecule has 6 heteroatoms. The highest BCUT2D eigenvalue weighted by atomic mass is 19.4. The minimum absolute atomic E-state index is 0.299. The lowest BCUT2D eigenvalue weighted by molar-refractivity contribution is -0.137. The van der Waals surface area contributed by atoms with E-state index in [0.29, 0.717) is 5.56 Å². The van der Waals surface area contributed by atoms with Crippen LogP contribution in [0, 0.1) is 0 Å². The van der Waals surface area contributed by atoms with E-state index >= 15 is 0 Å². The number of aliphatic carboxylic acids is 1. The Morgan fingerprint density at radius 1 is 1.38 bits per heavy atom. The molecule has 0 spiro atoms. The topological polar surface area (TPSA) is 63.3 Å². The summed E-state index contributed by atoms with van der Waals surface area (Å²) in [6.07, 6.45) is -2.51. The summed E-state index contributed by atoms with van der Waals surface area (Å²) < 4.78 is 36.9. The number of carboxylic acid groups (broad SMARTS) is 1. The van der Waals surface area contributed by atoms with Gasteiger partial charge < -0.3 is 10.8 Å². The quantitative estimate of drug-likeness (QED) is 0.606. The number of hydrogen-bond donors (Lipinski definition) is 2. The molecule has 0 fully saturated rings. The van der Waals surface area contributed by atoms with Gasteiger partial charge in [0, 0.05) is 11.8 Å². The summed E-state index contributed by atoms with van der Waals surface area (Å²) in [4.78, 5) is 10.2. The third-order valence-electron chi connectivity index (χ3n) is 1.80. The van der Waals surface area contributed by atoms with Crippen molar-refractivity contribution in [3.8, 4) is 0 Å². The van der Waals surface area contributed by atoms with Crippen molar-refractivity contribution in [3.05, 3.63) is 35.4 Å². The van der Waals surface area contributed by atoms with Crippen LogP contribution in [0.25, 0.3) is 6.08 Å². The van der Waals surface area contributed by atoms with E-state index in [-0.39, 0.29) is 0 Å². The fraction of sp³-hybridized carbons (Fsp3) is 0.100. The lowest BCUT2D eigenvalue weighted by atomic mass is 10.1. The van der Waals surface area contributed by atoms with Crippen molar-refractivity contribution in [2.24, 2.45) is 0 Å². The zero-order chi connectivity index (χ0) is 12.3. The molecule has 3 N–H and O–H groups in total. The molecular weight excluding hydrogens is 223 g/mol. The van der Waals surface area contributed by atoms with Gasteiger partial charge in [-0.15, -0.1) is 0 Å². The molecule has 0 atom stereocenters. The Morgan fingerprint density at radius 3 is 2.44 bits per heavy atom. The Morgan fingerprint density at radius 2 is 2.00 bits per heavy atom. The van der Waals surface area contributed by atoms with E-state index < -0.39 is 23.4 Å². The molecule has 0 aliphatic heterocycles. The summed E-state index contributed by atoms with van der Waals surface area (Å²) in [5.41, 5.74) is 4.15. The number of nitrogens with two attached hydrogens (primary N) is 1. The largest absolute Gasteiger partial charge is 0.478 e. The van der Waals surface area contributed by atoms with Crippen LogP contribution in [0.3, 0.4) is 0 Å². The first kappa shape index (κ1) is 12.1. The number of nitrogen functional groups attached to an aromatic ring is 1. The molecule has 1 aromatic rings. The molecular formula is C10H8F3NO2. The Balaban J connectivity index is 3.05. The van der Waals surface area contributed by atoms with Crippen LogP contribution in [0.4, 0.5) is 18.9 Å². The van der Waals surface area contributed by atoms with Gasteiger partial charge in [-0.3, -0.25) is 0 Å². The second kappa shape index (κ2) is 4.26. The first-order chi connectivity index (χ1) is 7.30. The van der Waals surface area contributed by atoms with Crippen molar-refractivity contribution in [3.63, 3.8) is 0 Å². The van der Waals surface area contributed by atoms with Gasteiger partial charge in [0.05, 0.1) is 5.56 Å². The molecule has 1 rings (SSSR count). The van der Waals surface area contributed by atoms with Crippen LogP contribution < -0.4 is 5.73 Å². The monoisotopic (exact) mass is 231 g/mol. The Kier molecular flexibility index (Phi) is 3.22. The van der Waals surface area contributed by atoms with E-state index in [4.69, 9.17) is 10.8 Å². The third kappa shape index (κ3) is 3.01. The molecule has 0 amide bonds. The number of hydrogen-bond acceptors (Lipinski definition) is 2. The van der Waals surface area contributed by atoms with Gasteiger partial charge in [-0.2, -0.15) is 13.2 Å². The molecule has 86 valence electrons. The summed E-state index contributed by atoms with van der Waals surface area (Å²) in [5, 5.41) is 8.33. The zero-order valence-corrected chi connectivity index (χ0v) is 7.95. The van der Waals surface area contributed by atoms with Gasteiger partial charge in [0.25, 0.3) is 0 Å². The number of carbonyl (C=O) groups is 1. The average Bonchev–Trinajstić information content (AvgIpc) is 2.12. The first-order valence-corrected chi connectivity index (χ1v) is 4.18. The number of halogens is 3. The van der Waals surface area contributed by atoms with Crippen molar-refractivity contribution in [1.29, 1.82) is 0 Å². The minimum Gasteiger partial charge on any atom is -0.478 e. The SMILES string of the molecule is Nc1cc(C=CC(=O)O)ccc1C(F)(F)F. The van der Waals surface area contributed by atoms with Crippen molar-refractivity contribution in [1.82, 2.24) is 0 Å². The zero-order valence-electron chi connectivity index (χ0n) is 7.95. The number of benzene rings is 1. The summed E-state index contributed by atoms with van der Waals surface area (Å²) in [6.45, 7) is 0. The lowest BCUT2D eigenvalue weighted by Crippen LogP contribution is -2.08. The van der Waals surface area contributed by atoms with E-state index in [1.165, 1.54) is 6.08 Å². The fourth-order valence-electron chi connectivity index (χ4n) is 1.11. The number of carboxylic acids is 1. The van der Waals surface area contributed by atoms with Gasteiger partial charge in [0.15, 0.2) is 0 Å². The number of alkyl halides is 3. The first-order valence-electron chi connectivity index (χ1n) is 4.18. The highest BCUT2D eigenvalue weighted by Crippen LogP contribution is 2.33. The molecule has 0 aliphatic carbocycles. The molecule has 0 aliphatic rings. The molecule has 0 radical (unpaired) electrons. The lowest BCUT2D eigenvalue weighted by Gasteiger charge is -2.09. The molecule has 0 bridgehead atoms. The molecule has 0 aromatic heterocycles. The molecule has 0 unspecified atom stereocenters. The van der Waals surface area contributed by atoms with Gasteiger partial charge in [-0.05, 0) is 23.8 Å². The Bertz CT molecular complexity index is 438. The van der Waals surface area contributed by atoms with Crippen molar-refractivity contribution < 1.29 is 23.1 Å². The molecule has 0 saturated carbocycles. The van der Waals surface area contributed by atoms with Crippen molar-refractivity contribution in [2.45, 2.75) is 6.18 Å². The van der Waals surface area contributed by atoms with Crippen LogP contribution in [0.2, 0.25) is 0 Å². The Labute approximate surface area is 89.0 Å². The molecule has 16 heavy (non-hydrogen) atoms. The molecule has 0 saturated heterocycles. The van der Waals surface area contributed by atoms with Crippen LogP contribution >= 0.6 is 0 Å². The normalized spacial score (nSPS) is 11.9. The van der Waals surface area contributed by atoms with Gasteiger partial charge >= 0.3 is 12.1 Å². The summed E-state index contributed by atoms with van der Waals surface area (Å²) in [5.74, 6) is -1.18. The Hall–Kier alpha value is -1.98. The third-order valence-corrected chi connectivity index (χ3v) is 1.80. The standard InChI is InChI=1S/C10H8F3NO2/c11-10(12,13)7-3-1-6(5-8(7)14)2-4-9(15)16/h1-5H,14H2,(H,15,16). The predicted molar refractivity (Wildman–Crippen MR) is 52.5 cm³/mol. The van der Waals surface area contributed by atoms with Crippen LogP contribution in [0.15, 0.2) is 24.3 Å². The van der Waals surface area contributed by atoms with Gasteiger partial charge in [-0.1, -0.05) is 6.07 Å². The fourth-order valence-corrected chi connectivity index (χ4v) is 1.11. The number of rotatable bonds is 2. The summed E-state index contributed by atoms with van der Waals surface area (Å²) in [7, 11) is 0. The average molecular weight is 231 g/mol. The summed E-state index contributed by atoms with van der Waals surface area (Å²) in [6, 6.07) is 3.04. The van der Waals surface area contributed by atoms with Gasteiger partial charge in [0.1, 0.15) is 0 Å². The van der Waals surface area contributed by atoms with Crippen LogP contribution in [-0.4, -0.2) is 11.1 Å². The summed E-state index contributed by atoms with van der Waals surface area (Å²) >= 11 is 0. The maximum atomic E-state index is 12.3. The van der Waals surface area contributed by atoms with Gasteiger partial charge in [-0.25, -0.2) is 4.79 Å². The maximum Gasteiger partial charge on any atom is 0.418 e. The maximum absolute atomic E-state index is 12.3. The predicted octanol–water partition coefficient (Wildman–Crippen LogP) is 2.39. The van der Waals surface area contributed by atoms with Crippen LogP contribution in [0.5, 0.6) is 0 Å².